The zero-order valence-corrected chi connectivity index (χ0v) is 8.47. The molecule has 0 aliphatic heterocycles. The van der Waals surface area contributed by atoms with Gasteiger partial charge < -0.3 is 10.4 Å². The van der Waals surface area contributed by atoms with Gasteiger partial charge in [0.15, 0.2) is 0 Å². The molecule has 1 fully saturated rings. The normalized spacial score (nSPS) is 22.9. The van der Waals surface area contributed by atoms with Crippen LogP contribution in [0.3, 0.4) is 0 Å². The number of carboxylic acids is 1. The van der Waals surface area contributed by atoms with E-state index in [2.05, 4.69) is 12.2 Å². The van der Waals surface area contributed by atoms with Gasteiger partial charge in [0.25, 0.3) is 0 Å². The number of carboxylic acid groups (broad SMARTS) is 1. The summed E-state index contributed by atoms with van der Waals surface area (Å²) in [4.78, 5) is 10.6. The largest absolute Gasteiger partial charge is 0.481 e. The van der Waals surface area contributed by atoms with Gasteiger partial charge in [0.05, 0.1) is 5.92 Å². The molecule has 0 spiro atoms. The van der Waals surface area contributed by atoms with Gasteiger partial charge in [-0.3, -0.25) is 4.79 Å². The van der Waals surface area contributed by atoms with Crippen LogP contribution in [0.4, 0.5) is 0 Å². The van der Waals surface area contributed by atoms with Gasteiger partial charge in [0.2, 0.25) is 0 Å². The van der Waals surface area contributed by atoms with Crippen LogP contribution in [-0.4, -0.2) is 23.2 Å². The first-order chi connectivity index (χ1) is 6.03. The van der Waals surface area contributed by atoms with Crippen LogP contribution < -0.4 is 5.32 Å². The van der Waals surface area contributed by atoms with Gasteiger partial charge in [-0.15, -0.1) is 0 Å². The molecule has 1 rings (SSSR count). The first kappa shape index (κ1) is 10.5. The smallest absolute Gasteiger partial charge is 0.307 e. The molecular weight excluding hydrogens is 166 g/mol. The first-order valence-electron chi connectivity index (χ1n) is 5.01. The van der Waals surface area contributed by atoms with Crippen molar-refractivity contribution in [1.82, 2.24) is 5.32 Å². The summed E-state index contributed by atoms with van der Waals surface area (Å²) in [7, 11) is 0. The minimum absolute atomic E-state index is 0.198. The molecule has 0 heterocycles. The second kappa shape index (κ2) is 4.09. The van der Waals surface area contributed by atoms with Crippen LogP contribution in [0.1, 0.15) is 39.5 Å². The van der Waals surface area contributed by atoms with Crippen LogP contribution in [0.15, 0.2) is 0 Å². The van der Waals surface area contributed by atoms with Crippen LogP contribution in [-0.2, 0) is 4.79 Å². The number of hydrogen-bond acceptors (Lipinski definition) is 2. The van der Waals surface area contributed by atoms with Crippen LogP contribution in [0.25, 0.3) is 0 Å². The Labute approximate surface area is 79.5 Å². The van der Waals surface area contributed by atoms with E-state index < -0.39 is 5.97 Å². The van der Waals surface area contributed by atoms with Gasteiger partial charge in [0, 0.05) is 12.1 Å². The second-order valence-electron chi connectivity index (χ2n) is 4.39. The van der Waals surface area contributed by atoms with Gasteiger partial charge in [-0.25, -0.2) is 0 Å². The maximum atomic E-state index is 10.6. The molecule has 1 saturated carbocycles. The summed E-state index contributed by atoms with van der Waals surface area (Å²) < 4.78 is 0. The summed E-state index contributed by atoms with van der Waals surface area (Å²) in [5.41, 5.74) is 0.198. The van der Waals surface area contributed by atoms with Crippen LogP contribution in [0.5, 0.6) is 0 Å². The predicted octanol–water partition coefficient (Wildman–Crippen LogP) is 1.63. The third-order valence-electron chi connectivity index (χ3n) is 2.96. The molecule has 3 nitrogen and oxygen atoms in total. The van der Waals surface area contributed by atoms with E-state index in [0.29, 0.717) is 6.54 Å². The Morgan fingerprint density at radius 3 is 2.54 bits per heavy atom. The maximum absolute atomic E-state index is 10.6. The zero-order chi connectivity index (χ0) is 9.90. The second-order valence-corrected chi connectivity index (χ2v) is 4.39. The van der Waals surface area contributed by atoms with Crippen molar-refractivity contribution in [1.29, 1.82) is 0 Å². The molecule has 0 aromatic carbocycles. The molecule has 13 heavy (non-hydrogen) atoms. The van der Waals surface area contributed by atoms with E-state index >= 15 is 0 Å². The van der Waals surface area contributed by atoms with Crippen LogP contribution >= 0.6 is 0 Å². The molecule has 1 atom stereocenters. The highest BCUT2D eigenvalue weighted by molar-refractivity contribution is 5.69. The number of aliphatic carboxylic acids is 1. The minimum Gasteiger partial charge on any atom is -0.481 e. The van der Waals surface area contributed by atoms with Crippen molar-refractivity contribution in [2.45, 2.75) is 45.1 Å². The highest BCUT2D eigenvalue weighted by Crippen LogP contribution is 2.28. The Hall–Kier alpha value is -0.570. The SMILES string of the molecule is CC(CNC1(C)CCCC1)C(=O)O. The lowest BCUT2D eigenvalue weighted by Gasteiger charge is -2.26. The standard InChI is InChI=1S/C10H19NO2/c1-8(9(12)13)7-11-10(2)5-3-4-6-10/h8,11H,3-7H2,1-2H3,(H,12,13). The summed E-state index contributed by atoms with van der Waals surface area (Å²) >= 11 is 0. The molecule has 1 aliphatic carbocycles. The summed E-state index contributed by atoms with van der Waals surface area (Å²) in [5, 5.41) is 12.1. The van der Waals surface area contributed by atoms with E-state index in [1.807, 2.05) is 0 Å². The van der Waals surface area contributed by atoms with Crippen molar-refractivity contribution in [2.24, 2.45) is 5.92 Å². The Bertz CT molecular complexity index is 185. The lowest BCUT2D eigenvalue weighted by Crippen LogP contribution is -2.43. The van der Waals surface area contributed by atoms with E-state index in [0.717, 1.165) is 0 Å². The van der Waals surface area contributed by atoms with Gasteiger partial charge >= 0.3 is 5.97 Å². The Morgan fingerprint density at radius 1 is 1.54 bits per heavy atom. The fourth-order valence-corrected chi connectivity index (χ4v) is 1.82. The predicted molar refractivity (Wildman–Crippen MR) is 51.7 cm³/mol. The van der Waals surface area contributed by atoms with Crippen molar-refractivity contribution in [3.05, 3.63) is 0 Å². The van der Waals surface area contributed by atoms with Crippen LogP contribution in [0.2, 0.25) is 0 Å². The van der Waals surface area contributed by atoms with Gasteiger partial charge in [0.1, 0.15) is 0 Å². The number of rotatable bonds is 4. The highest BCUT2D eigenvalue weighted by atomic mass is 16.4. The number of hydrogen-bond donors (Lipinski definition) is 2. The monoisotopic (exact) mass is 185 g/mol. The molecule has 0 amide bonds. The topological polar surface area (TPSA) is 49.3 Å². The first-order valence-corrected chi connectivity index (χ1v) is 5.01. The summed E-state index contributed by atoms with van der Waals surface area (Å²) in [6.45, 7) is 4.52. The van der Waals surface area contributed by atoms with Crippen molar-refractivity contribution in [3.63, 3.8) is 0 Å². The van der Waals surface area contributed by atoms with Crippen molar-refractivity contribution < 1.29 is 9.90 Å². The highest BCUT2D eigenvalue weighted by Gasteiger charge is 2.28. The lowest BCUT2D eigenvalue weighted by molar-refractivity contribution is -0.141. The molecule has 1 unspecified atom stereocenters. The average molecular weight is 185 g/mol. The molecule has 0 aromatic heterocycles. The molecule has 3 heteroatoms. The van der Waals surface area contributed by atoms with Crippen molar-refractivity contribution >= 4 is 5.97 Å². The summed E-state index contributed by atoms with van der Waals surface area (Å²) in [6, 6.07) is 0. The quantitative estimate of drug-likeness (QED) is 0.700. The van der Waals surface area contributed by atoms with Gasteiger partial charge in [-0.05, 0) is 19.8 Å². The van der Waals surface area contributed by atoms with Crippen molar-refractivity contribution in [2.75, 3.05) is 6.54 Å². The fraction of sp³-hybridized carbons (Fsp3) is 0.900. The number of nitrogens with one attached hydrogen (secondary N) is 1. The minimum atomic E-state index is -0.714. The molecule has 0 aromatic rings. The van der Waals surface area contributed by atoms with E-state index in [9.17, 15) is 4.79 Å². The van der Waals surface area contributed by atoms with E-state index in [4.69, 9.17) is 5.11 Å². The Morgan fingerprint density at radius 2 is 2.08 bits per heavy atom. The van der Waals surface area contributed by atoms with E-state index in [1.54, 1.807) is 6.92 Å². The number of carbonyl (C=O) groups is 1. The fourth-order valence-electron chi connectivity index (χ4n) is 1.82. The third-order valence-corrected chi connectivity index (χ3v) is 2.96. The van der Waals surface area contributed by atoms with E-state index in [1.165, 1.54) is 25.7 Å². The van der Waals surface area contributed by atoms with E-state index in [-0.39, 0.29) is 11.5 Å². The third kappa shape index (κ3) is 2.99. The van der Waals surface area contributed by atoms with Crippen molar-refractivity contribution in [3.8, 4) is 0 Å². The van der Waals surface area contributed by atoms with Crippen LogP contribution in [0, 0.1) is 5.92 Å². The van der Waals surface area contributed by atoms with Gasteiger partial charge in [-0.1, -0.05) is 19.8 Å². The molecule has 1 aliphatic rings. The summed E-state index contributed by atoms with van der Waals surface area (Å²) in [6.07, 6.45) is 4.90. The Kier molecular flexibility index (Phi) is 3.31. The molecule has 0 bridgehead atoms. The molecule has 76 valence electrons. The molecule has 0 radical (unpaired) electrons. The molecule has 0 saturated heterocycles. The molecule has 2 N–H and O–H groups in total. The lowest BCUT2D eigenvalue weighted by atomic mass is 9.99. The van der Waals surface area contributed by atoms with Gasteiger partial charge in [-0.2, -0.15) is 0 Å². The Balaban J connectivity index is 2.28. The molecular formula is C10H19NO2. The zero-order valence-electron chi connectivity index (χ0n) is 8.47. The average Bonchev–Trinajstić information content (AvgIpc) is 2.48. The maximum Gasteiger partial charge on any atom is 0.307 e. The summed E-state index contributed by atoms with van der Waals surface area (Å²) in [5.74, 6) is -0.994.